The Hall–Kier alpha value is -2.76. The standard InChI is InChI=1S/C21H28N6O4S/c1-16-15-18(22-17(2)28)3-4-19(16)32(29,30)27-9-7-25(8-10-27)20-5-6-21(24-23-20)26-11-13-31-14-12-26/h3-6,15H,7-14H2,1-2H3,(H,22,28). The Kier molecular flexibility index (Phi) is 6.58. The number of anilines is 3. The molecule has 0 atom stereocenters. The fourth-order valence-corrected chi connectivity index (χ4v) is 5.59. The SMILES string of the molecule is CC(=O)Nc1ccc(S(=O)(=O)N2CCN(c3ccc(N4CCOCC4)nn3)CC2)c(C)c1. The number of carbonyl (C=O) groups is 1. The maximum Gasteiger partial charge on any atom is 0.243 e. The minimum Gasteiger partial charge on any atom is -0.378 e. The molecule has 2 aliphatic rings. The van der Waals surface area contributed by atoms with E-state index in [1.54, 1.807) is 25.1 Å². The van der Waals surface area contributed by atoms with Crippen LogP contribution in [0.25, 0.3) is 0 Å². The normalized spacial score (nSPS) is 17.9. The van der Waals surface area contributed by atoms with Gasteiger partial charge < -0.3 is 19.9 Å². The van der Waals surface area contributed by atoms with E-state index in [9.17, 15) is 13.2 Å². The number of amides is 1. The lowest BCUT2D eigenvalue weighted by molar-refractivity contribution is -0.114. The lowest BCUT2D eigenvalue weighted by Gasteiger charge is -2.35. The fraction of sp³-hybridized carbons (Fsp3) is 0.476. The molecule has 10 nitrogen and oxygen atoms in total. The minimum absolute atomic E-state index is 0.197. The zero-order valence-corrected chi connectivity index (χ0v) is 19.1. The van der Waals surface area contributed by atoms with Crippen molar-refractivity contribution in [2.45, 2.75) is 18.7 Å². The average Bonchev–Trinajstić information content (AvgIpc) is 2.79. The number of aryl methyl sites for hydroxylation is 1. The number of nitrogens with zero attached hydrogens (tertiary/aromatic N) is 5. The van der Waals surface area contributed by atoms with Crippen molar-refractivity contribution in [3.05, 3.63) is 35.9 Å². The van der Waals surface area contributed by atoms with Crippen molar-refractivity contribution < 1.29 is 17.9 Å². The number of hydrogen-bond donors (Lipinski definition) is 1. The number of hydrogen-bond acceptors (Lipinski definition) is 8. The Labute approximate surface area is 188 Å². The Balaban J connectivity index is 1.40. The number of sulfonamides is 1. The van der Waals surface area contributed by atoms with Crippen molar-refractivity contribution in [1.29, 1.82) is 0 Å². The molecule has 172 valence electrons. The molecule has 3 heterocycles. The van der Waals surface area contributed by atoms with Crippen molar-refractivity contribution in [3.8, 4) is 0 Å². The molecule has 1 aromatic heterocycles. The van der Waals surface area contributed by atoms with Crippen LogP contribution >= 0.6 is 0 Å². The predicted molar refractivity (Wildman–Crippen MR) is 122 cm³/mol. The molecule has 32 heavy (non-hydrogen) atoms. The van der Waals surface area contributed by atoms with Crippen LogP contribution in [-0.4, -0.2) is 81.3 Å². The number of benzene rings is 1. The van der Waals surface area contributed by atoms with Gasteiger partial charge in [0.1, 0.15) is 0 Å². The van der Waals surface area contributed by atoms with E-state index >= 15 is 0 Å². The lowest BCUT2D eigenvalue weighted by atomic mass is 10.2. The first-order valence-electron chi connectivity index (χ1n) is 10.6. The number of ether oxygens (including phenoxy) is 1. The maximum absolute atomic E-state index is 13.2. The molecule has 0 bridgehead atoms. The van der Waals surface area contributed by atoms with E-state index in [1.807, 2.05) is 12.1 Å². The van der Waals surface area contributed by atoms with E-state index in [1.165, 1.54) is 11.2 Å². The minimum atomic E-state index is -3.63. The summed E-state index contributed by atoms with van der Waals surface area (Å²) in [7, 11) is -3.63. The van der Waals surface area contributed by atoms with Crippen LogP contribution in [-0.2, 0) is 19.6 Å². The third kappa shape index (κ3) is 4.84. The monoisotopic (exact) mass is 460 g/mol. The van der Waals surface area contributed by atoms with Crippen LogP contribution in [0, 0.1) is 6.92 Å². The number of aromatic nitrogens is 2. The first kappa shape index (κ1) is 22.4. The van der Waals surface area contributed by atoms with Crippen molar-refractivity contribution >= 4 is 33.3 Å². The van der Waals surface area contributed by atoms with Gasteiger partial charge in [0.15, 0.2) is 11.6 Å². The van der Waals surface area contributed by atoms with Crippen molar-refractivity contribution in [3.63, 3.8) is 0 Å². The van der Waals surface area contributed by atoms with Gasteiger partial charge in [-0.05, 0) is 42.8 Å². The second kappa shape index (κ2) is 9.39. The third-order valence-electron chi connectivity index (χ3n) is 5.65. The molecule has 11 heteroatoms. The van der Waals surface area contributed by atoms with Crippen LogP contribution < -0.4 is 15.1 Å². The zero-order valence-electron chi connectivity index (χ0n) is 18.3. The summed E-state index contributed by atoms with van der Waals surface area (Å²) in [5.74, 6) is 1.38. The molecule has 1 aromatic carbocycles. The summed E-state index contributed by atoms with van der Waals surface area (Å²) in [5.41, 5.74) is 1.18. The molecule has 1 amide bonds. The topological polar surface area (TPSA) is 108 Å². The highest BCUT2D eigenvalue weighted by molar-refractivity contribution is 7.89. The van der Waals surface area contributed by atoms with E-state index in [0.29, 0.717) is 50.6 Å². The third-order valence-corrected chi connectivity index (χ3v) is 7.71. The summed E-state index contributed by atoms with van der Waals surface area (Å²) in [6.45, 7) is 7.93. The van der Waals surface area contributed by atoms with Crippen LogP contribution in [0.3, 0.4) is 0 Å². The number of nitrogens with one attached hydrogen (secondary N) is 1. The van der Waals surface area contributed by atoms with Gasteiger partial charge in [0.25, 0.3) is 0 Å². The maximum atomic E-state index is 13.2. The smallest absolute Gasteiger partial charge is 0.243 e. The number of carbonyl (C=O) groups excluding carboxylic acids is 1. The Bertz CT molecular complexity index is 1060. The highest BCUT2D eigenvalue weighted by atomic mass is 32.2. The van der Waals surface area contributed by atoms with Crippen molar-refractivity contribution in [2.75, 3.05) is 67.6 Å². The highest BCUT2D eigenvalue weighted by Gasteiger charge is 2.30. The Morgan fingerprint density at radius 3 is 2.06 bits per heavy atom. The van der Waals surface area contributed by atoms with Crippen LogP contribution in [0.4, 0.5) is 17.3 Å². The number of piperazine rings is 1. The van der Waals surface area contributed by atoms with Crippen LogP contribution in [0.15, 0.2) is 35.2 Å². The van der Waals surface area contributed by atoms with E-state index < -0.39 is 10.0 Å². The summed E-state index contributed by atoms with van der Waals surface area (Å²) in [6, 6.07) is 8.74. The molecule has 2 saturated heterocycles. The summed E-state index contributed by atoms with van der Waals surface area (Å²) >= 11 is 0. The second-order valence-corrected chi connectivity index (χ2v) is 9.81. The first-order valence-corrected chi connectivity index (χ1v) is 12.1. The zero-order chi connectivity index (χ0) is 22.7. The van der Waals surface area contributed by atoms with Gasteiger partial charge in [0.2, 0.25) is 15.9 Å². The molecule has 0 spiro atoms. The summed E-state index contributed by atoms with van der Waals surface area (Å²) in [6.07, 6.45) is 0. The first-order chi connectivity index (χ1) is 15.3. The Morgan fingerprint density at radius 2 is 1.53 bits per heavy atom. The van der Waals surface area contributed by atoms with E-state index in [0.717, 1.165) is 24.7 Å². The lowest BCUT2D eigenvalue weighted by Crippen LogP contribution is -2.49. The molecule has 2 fully saturated rings. The molecule has 2 aromatic rings. The molecular weight excluding hydrogens is 432 g/mol. The van der Waals surface area contributed by atoms with Gasteiger partial charge in [-0.25, -0.2) is 8.42 Å². The quantitative estimate of drug-likeness (QED) is 0.707. The largest absolute Gasteiger partial charge is 0.378 e. The van der Waals surface area contributed by atoms with Crippen molar-refractivity contribution in [1.82, 2.24) is 14.5 Å². The highest BCUT2D eigenvalue weighted by Crippen LogP contribution is 2.25. The molecule has 4 rings (SSSR count). The van der Waals surface area contributed by atoms with E-state index in [4.69, 9.17) is 4.74 Å². The molecule has 1 N–H and O–H groups in total. The predicted octanol–water partition coefficient (Wildman–Crippen LogP) is 1.09. The van der Waals surface area contributed by atoms with Gasteiger partial charge in [0.05, 0.1) is 18.1 Å². The molecule has 2 aliphatic heterocycles. The number of rotatable bonds is 5. The molecule has 0 saturated carbocycles. The summed E-state index contributed by atoms with van der Waals surface area (Å²) < 4.78 is 33.2. The molecular formula is C21H28N6O4S. The van der Waals surface area contributed by atoms with E-state index in [2.05, 4.69) is 25.3 Å². The fourth-order valence-electron chi connectivity index (χ4n) is 3.96. The van der Waals surface area contributed by atoms with Gasteiger partial charge in [-0.2, -0.15) is 4.31 Å². The van der Waals surface area contributed by atoms with Crippen LogP contribution in [0.2, 0.25) is 0 Å². The number of morpholine rings is 1. The average molecular weight is 461 g/mol. The van der Waals surface area contributed by atoms with Gasteiger partial charge in [-0.1, -0.05) is 0 Å². The van der Waals surface area contributed by atoms with Gasteiger partial charge in [-0.15, -0.1) is 10.2 Å². The second-order valence-electron chi connectivity index (χ2n) is 7.90. The molecule has 0 unspecified atom stereocenters. The molecule has 0 aliphatic carbocycles. The van der Waals surface area contributed by atoms with Crippen LogP contribution in [0.5, 0.6) is 0 Å². The summed E-state index contributed by atoms with van der Waals surface area (Å²) in [4.78, 5) is 15.7. The Morgan fingerprint density at radius 1 is 0.938 bits per heavy atom. The van der Waals surface area contributed by atoms with Crippen molar-refractivity contribution in [2.24, 2.45) is 0 Å². The van der Waals surface area contributed by atoms with Gasteiger partial charge >= 0.3 is 0 Å². The summed E-state index contributed by atoms with van der Waals surface area (Å²) in [5, 5.41) is 11.4. The van der Waals surface area contributed by atoms with Crippen LogP contribution in [0.1, 0.15) is 12.5 Å². The van der Waals surface area contributed by atoms with Gasteiger partial charge in [0, 0.05) is 51.9 Å². The van der Waals surface area contributed by atoms with E-state index in [-0.39, 0.29) is 10.8 Å². The molecule has 0 radical (unpaired) electrons. The van der Waals surface area contributed by atoms with Gasteiger partial charge in [-0.3, -0.25) is 4.79 Å².